The molecule has 1 atom stereocenters. The van der Waals surface area contributed by atoms with Crippen molar-refractivity contribution in [3.63, 3.8) is 0 Å². The van der Waals surface area contributed by atoms with Crippen LogP contribution >= 0.6 is 0 Å². The zero-order chi connectivity index (χ0) is 15.4. The second kappa shape index (κ2) is 6.69. The van der Waals surface area contributed by atoms with Gasteiger partial charge in [0, 0.05) is 13.0 Å². The molecule has 0 spiro atoms. The summed E-state index contributed by atoms with van der Waals surface area (Å²) in [7, 11) is 0. The zero-order valence-corrected chi connectivity index (χ0v) is 12.2. The van der Waals surface area contributed by atoms with Crippen LogP contribution in [0.3, 0.4) is 0 Å². The lowest BCUT2D eigenvalue weighted by atomic mass is 10.1. The molecule has 0 radical (unpaired) electrons. The van der Waals surface area contributed by atoms with Crippen LogP contribution in [0.15, 0.2) is 0 Å². The summed E-state index contributed by atoms with van der Waals surface area (Å²) in [6.07, 6.45) is 1.54. The Morgan fingerprint density at radius 1 is 1.29 bits per heavy atom. The van der Waals surface area contributed by atoms with Crippen molar-refractivity contribution < 1.29 is 23.9 Å². The summed E-state index contributed by atoms with van der Waals surface area (Å²) in [6.45, 7) is 2.46. The summed E-state index contributed by atoms with van der Waals surface area (Å²) < 4.78 is 4.74. The molecule has 0 aromatic rings. The second-order valence-corrected chi connectivity index (χ2v) is 5.28. The van der Waals surface area contributed by atoms with Crippen LogP contribution in [0.2, 0.25) is 0 Å². The molecule has 1 unspecified atom stereocenters. The van der Waals surface area contributed by atoms with Gasteiger partial charge in [0.25, 0.3) is 0 Å². The first kappa shape index (κ1) is 15.5. The van der Waals surface area contributed by atoms with Gasteiger partial charge in [-0.1, -0.05) is 0 Å². The zero-order valence-electron chi connectivity index (χ0n) is 12.2. The summed E-state index contributed by atoms with van der Waals surface area (Å²) in [4.78, 5) is 50.1. The van der Waals surface area contributed by atoms with Crippen LogP contribution in [0.25, 0.3) is 0 Å². The smallest absolute Gasteiger partial charge is 0.306 e. The van der Waals surface area contributed by atoms with Crippen LogP contribution in [0, 0.1) is 0 Å². The van der Waals surface area contributed by atoms with Crippen LogP contribution in [-0.4, -0.2) is 65.6 Å². The highest BCUT2D eigenvalue weighted by Crippen LogP contribution is 2.23. The van der Waals surface area contributed by atoms with Crippen molar-refractivity contribution in [2.24, 2.45) is 0 Å². The number of fused-ring (bicyclic) bond motifs is 1. The molecule has 21 heavy (non-hydrogen) atoms. The standard InChI is InChI=1S/C14H20N2O5/c1-2-21-13(19)6-5-10(17)8-15-9-12(18)16-7-3-4-11(16)14(15)20/h11H,2-9H2,1H3. The molecule has 7 heteroatoms. The van der Waals surface area contributed by atoms with E-state index < -0.39 is 12.0 Å². The quantitative estimate of drug-likeness (QED) is 0.630. The van der Waals surface area contributed by atoms with Gasteiger partial charge in [0.05, 0.1) is 19.6 Å². The molecule has 0 aromatic heterocycles. The fraction of sp³-hybridized carbons (Fsp3) is 0.714. The molecule has 0 saturated carbocycles. The van der Waals surface area contributed by atoms with E-state index in [2.05, 4.69) is 0 Å². The number of ether oxygens (including phenoxy) is 1. The second-order valence-electron chi connectivity index (χ2n) is 5.28. The van der Waals surface area contributed by atoms with Gasteiger partial charge in [0.1, 0.15) is 12.6 Å². The normalized spacial score (nSPS) is 21.5. The summed E-state index contributed by atoms with van der Waals surface area (Å²) in [5, 5.41) is 0. The molecular formula is C14H20N2O5. The number of esters is 1. The Labute approximate surface area is 123 Å². The number of carbonyl (C=O) groups is 4. The molecule has 0 bridgehead atoms. The maximum Gasteiger partial charge on any atom is 0.306 e. The first-order valence-corrected chi connectivity index (χ1v) is 7.28. The lowest BCUT2D eigenvalue weighted by Crippen LogP contribution is -2.58. The van der Waals surface area contributed by atoms with E-state index in [4.69, 9.17) is 4.74 Å². The number of piperazine rings is 1. The monoisotopic (exact) mass is 296 g/mol. The molecule has 2 aliphatic rings. The van der Waals surface area contributed by atoms with Crippen LogP contribution in [0.5, 0.6) is 0 Å². The lowest BCUT2D eigenvalue weighted by Gasteiger charge is -2.36. The topological polar surface area (TPSA) is 84.0 Å². The summed E-state index contributed by atoms with van der Waals surface area (Å²) in [6, 6.07) is -0.399. The van der Waals surface area contributed by atoms with Crippen molar-refractivity contribution in [3.8, 4) is 0 Å². The SMILES string of the molecule is CCOC(=O)CCC(=O)CN1CC(=O)N2CCCC2C1=O. The number of ketones is 1. The van der Waals surface area contributed by atoms with Crippen molar-refractivity contribution in [3.05, 3.63) is 0 Å². The third-order valence-electron chi connectivity index (χ3n) is 3.78. The van der Waals surface area contributed by atoms with Crippen molar-refractivity contribution in [1.29, 1.82) is 0 Å². The molecule has 0 aliphatic carbocycles. The molecule has 7 nitrogen and oxygen atoms in total. The Hall–Kier alpha value is -1.92. The Kier molecular flexibility index (Phi) is 4.93. The number of hydrogen-bond donors (Lipinski definition) is 0. The fourth-order valence-corrected chi connectivity index (χ4v) is 2.77. The molecule has 2 aliphatic heterocycles. The van der Waals surface area contributed by atoms with Crippen molar-refractivity contribution in [1.82, 2.24) is 9.80 Å². The fourth-order valence-electron chi connectivity index (χ4n) is 2.77. The molecule has 0 aromatic carbocycles. The highest BCUT2D eigenvalue weighted by Gasteiger charge is 2.42. The lowest BCUT2D eigenvalue weighted by molar-refractivity contribution is -0.154. The van der Waals surface area contributed by atoms with Crippen LogP contribution in [0.1, 0.15) is 32.6 Å². The number of Topliss-reactive ketones (excluding diaryl/α,β-unsaturated/α-hetero) is 1. The van der Waals surface area contributed by atoms with E-state index in [1.54, 1.807) is 11.8 Å². The van der Waals surface area contributed by atoms with Gasteiger partial charge in [-0.25, -0.2) is 0 Å². The summed E-state index contributed by atoms with van der Waals surface area (Å²) in [5.41, 5.74) is 0. The molecule has 2 heterocycles. The maximum atomic E-state index is 12.2. The predicted octanol–water partition coefficient (Wildman–Crippen LogP) is -0.268. The van der Waals surface area contributed by atoms with E-state index in [0.29, 0.717) is 13.0 Å². The summed E-state index contributed by atoms with van der Waals surface area (Å²) >= 11 is 0. The molecule has 0 N–H and O–H groups in total. The van der Waals surface area contributed by atoms with Crippen LogP contribution in [0.4, 0.5) is 0 Å². The summed E-state index contributed by atoms with van der Waals surface area (Å²) in [5.74, 6) is -0.906. The third-order valence-corrected chi connectivity index (χ3v) is 3.78. The largest absolute Gasteiger partial charge is 0.466 e. The van der Waals surface area contributed by atoms with Gasteiger partial charge < -0.3 is 14.5 Å². The van der Waals surface area contributed by atoms with Gasteiger partial charge in [-0.05, 0) is 19.8 Å². The van der Waals surface area contributed by atoms with Crippen molar-refractivity contribution in [2.45, 2.75) is 38.6 Å². The van der Waals surface area contributed by atoms with E-state index in [9.17, 15) is 19.2 Å². The van der Waals surface area contributed by atoms with E-state index in [1.165, 1.54) is 4.90 Å². The first-order chi connectivity index (χ1) is 10.0. The van der Waals surface area contributed by atoms with Crippen molar-refractivity contribution >= 4 is 23.6 Å². The Bertz CT molecular complexity index is 462. The van der Waals surface area contributed by atoms with Crippen molar-refractivity contribution in [2.75, 3.05) is 26.2 Å². The average Bonchev–Trinajstić information content (AvgIpc) is 2.93. The number of rotatable bonds is 6. The minimum Gasteiger partial charge on any atom is -0.466 e. The number of amides is 2. The van der Waals surface area contributed by atoms with E-state index in [1.807, 2.05) is 0 Å². The van der Waals surface area contributed by atoms with Gasteiger partial charge in [0.15, 0.2) is 5.78 Å². The minimum absolute atomic E-state index is 0.0121. The average molecular weight is 296 g/mol. The molecule has 116 valence electrons. The maximum absolute atomic E-state index is 12.2. The number of nitrogens with zero attached hydrogens (tertiary/aromatic N) is 2. The first-order valence-electron chi connectivity index (χ1n) is 7.28. The molecular weight excluding hydrogens is 276 g/mol. The van der Waals surface area contributed by atoms with Gasteiger partial charge >= 0.3 is 5.97 Å². The Morgan fingerprint density at radius 3 is 2.76 bits per heavy atom. The minimum atomic E-state index is -0.422. The van der Waals surface area contributed by atoms with Gasteiger partial charge in [-0.15, -0.1) is 0 Å². The third kappa shape index (κ3) is 3.59. The molecule has 2 amide bonds. The molecule has 2 rings (SSSR count). The van der Waals surface area contributed by atoms with Crippen LogP contribution < -0.4 is 0 Å². The van der Waals surface area contributed by atoms with Gasteiger partial charge in [-0.3, -0.25) is 19.2 Å². The highest BCUT2D eigenvalue weighted by atomic mass is 16.5. The van der Waals surface area contributed by atoms with E-state index in [0.717, 1.165) is 6.42 Å². The van der Waals surface area contributed by atoms with Crippen LogP contribution in [-0.2, 0) is 23.9 Å². The number of carbonyl (C=O) groups excluding carboxylic acids is 4. The molecule has 2 saturated heterocycles. The van der Waals surface area contributed by atoms with E-state index >= 15 is 0 Å². The Balaban J connectivity index is 1.84. The Morgan fingerprint density at radius 2 is 2.05 bits per heavy atom. The van der Waals surface area contributed by atoms with E-state index in [-0.39, 0.29) is 50.1 Å². The molecule has 2 fully saturated rings. The van der Waals surface area contributed by atoms with Gasteiger partial charge in [0.2, 0.25) is 11.8 Å². The number of hydrogen-bond acceptors (Lipinski definition) is 5. The highest BCUT2D eigenvalue weighted by molar-refractivity contribution is 5.98. The predicted molar refractivity (Wildman–Crippen MR) is 72.2 cm³/mol. The van der Waals surface area contributed by atoms with Gasteiger partial charge in [-0.2, -0.15) is 0 Å².